The Morgan fingerprint density at radius 1 is 1.38 bits per heavy atom. The van der Waals surface area contributed by atoms with E-state index in [2.05, 4.69) is 0 Å². The molecule has 0 N–H and O–H groups in total. The van der Waals surface area contributed by atoms with E-state index in [1.54, 1.807) is 18.2 Å². The summed E-state index contributed by atoms with van der Waals surface area (Å²) in [7, 11) is 1.50. The van der Waals surface area contributed by atoms with Crippen LogP contribution in [-0.2, 0) is 14.8 Å². The van der Waals surface area contributed by atoms with Crippen LogP contribution >= 0.6 is 10.7 Å². The number of rotatable bonds is 3. The van der Waals surface area contributed by atoms with Crippen LogP contribution in [0, 0.1) is 0 Å². The fraction of sp³-hybridized carbons (Fsp3) is 0.125. The Morgan fingerprint density at radius 2 is 2.08 bits per heavy atom. The van der Waals surface area contributed by atoms with Gasteiger partial charge >= 0.3 is 0 Å². The molecule has 0 radical (unpaired) electrons. The van der Waals surface area contributed by atoms with Crippen LogP contribution in [0.1, 0.15) is 15.9 Å². The van der Waals surface area contributed by atoms with Crippen LogP contribution in [0.2, 0.25) is 0 Å². The van der Waals surface area contributed by atoms with Gasteiger partial charge in [-0.1, -0.05) is 18.2 Å². The Bertz CT molecular complexity index is 411. The number of aldehydes is 1. The topological polar surface area (TPSA) is 51.2 Å². The van der Waals surface area contributed by atoms with Crippen molar-refractivity contribution in [2.45, 2.75) is 5.75 Å². The van der Waals surface area contributed by atoms with Crippen LogP contribution in [0.4, 0.5) is 0 Å². The predicted octanol–water partition coefficient (Wildman–Crippen LogP) is 1.57. The van der Waals surface area contributed by atoms with E-state index in [1.165, 1.54) is 6.07 Å². The zero-order valence-electron chi connectivity index (χ0n) is 6.60. The molecule has 0 bridgehead atoms. The zero-order valence-corrected chi connectivity index (χ0v) is 8.18. The van der Waals surface area contributed by atoms with E-state index in [1.807, 2.05) is 0 Å². The molecule has 13 heavy (non-hydrogen) atoms. The van der Waals surface area contributed by atoms with Gasteiger partial charge in [-0.3, -0.25) is 4.79 Å². The van der Waals surface area contributed by atoms with Crippen LogP contribution in [0.15, 0.2) is 24.3 Å². The van der Waals surface area contributed by atoms with Crippen molar-refractivity contribution in [1.29, 1.82) is 0 Å². The normalized spacial score (nSPS) is 11.2. The summed E-state index contributed by atoms with van der Waals surface area (Å²) in [6, 6.07) is 6.30. The van der Waals surface area contributed by atoms with Gasteiger partial charge in [0.05, 0.1) is 5.75 Å². The molecular weight excluding hydrogens is 212 g/mol. The van der Waals surface area contributed by atoms with E-state index in [0.717, 1.165) is 0 Å². The third-order valence-electron chi connectivity index (χ3n) is 1.43. The molecule has 0 spiro atoms. The average Bonchev–Trinajstić information content (AvgIpc) is 2.01. The molecule has 0 heterocycles. The smallest absolute Gasteiger partial charge is 0.236 e. The maximum atomic E-state index is 10.7. The molecule has 1 rings (SSSR count). The van der Waals surface area contributed by atoms with Gasteiger partial charge in [0.15, 0.2) is 0 Å². The van der Waals surface area contributed by atoms with Crippen molar-refractivity contribution >= 4 is 26.0 Å². The highest BCUT2D eigenvalue weighted by atomic mass is 35.7. The molecule has 3 nitrogen and oxygen atoms in total. The van der Waals surface area contributed by atoms with Crippen LogP contribution < -0.4 is 0 Å². The van der Waals surface area contributed by atoms with Gasteiger partial charge in [-0.25, -0.2) is 8.42 Å². The summed E-state index contributed by atoms with van der Waals surface area (Å²) in [4.78, 5) is 10.3. The third-order valence-corrected chi connectivity index (χ3v) is 2.43. The van der Waals surface area contributed by atoms with Crippen molar-refractivity contribution in [3.05, 3.63) is 35.4 Å². The lowest BCUT2D eigenvalue weighted by Gasteiger charge is -1.97. The molecule has 0 aliphatic heterocycles. The number of halogens is 1. The molecule has 0 saturated heterocycles. The van der Waals surface area contributed by atoms with Crippen molar-refractivity contribution in [2.75, 3.05) is 0 Å². The second kappa shape index (κ2) is 3.89. The van der Waals surface area contributed by atoms with Crippen molar-refractivity contribution in [3.8, 4) is 0 Å². The van der Waals surface area contributed by atoms with Gasteiger partial charge < -0.3 is 0 Å². The first kappa shape index (κ1) is 10.2. The van der Waals surface area contributed by atoms with Crippen LogP contribution in [-0.4, -0.2) is 14.7 Å². The van der Waals surface area contributed by atoms with Gasteiger partial charge in [0.2, 0.25) is 9.05 Å². The fourth-order valence-corrected chi connectivity index (χ4v) is 1.91. The third kappa shape index (κ3) is 3.57. The van der Waals surface area contributed by atoms with E-state index in [-0.39, 0.29) is 5.75 Å². The lowest BCUT2D eigenvalue weighted by Crippen LogP contribution is -1.95. The maximum absolute atomic E-state index is 10.7. The number of carbonyl (C=O) groups is 1. The minimum Gasteiger partial charge on any atom is -0.298 e. The first-order chi connectivity index (χ1) is 6.01. The Kier molecular flexibility index (Phi) is 3.06. The van der Waals surface area contributed by atoms with E-state index in [0.29, 0.717) is 17.4 Å². The first-order valence-electron chi connectivity index (χ1n) is 3.48. The van der Waals surface area contributed by atoms with Crippen molar-refractivity contribution in [1.82, 2.24) is 0 Å². The molecule has 0 aliphatic rings. The van der Waals surface area contributed by atoms with Gasteiger partial charge in [-0.15, -0.1) is 0 Å². The first-order valence-corrected chi connectivity index (χ1v) is 5.95. The van der Waals surface area contributed by atoms with Crippen molar-refractivity contribution in [3.63, 3.8) is 0 Å². The quantitative estimate of drug-likeness (QED) is 0.572. The van der Waals surface area contributed by atoms with Crippen LogP contribution in [0.5, 0.6) is 0 Å². The summed E-state index contributed by atoms with van der Waals surface area (Å²) in [5, 5.41) is 0. The highest BCUT2D eigenvalue weighted by Crippen LogP contribution is 2.10. The predicted molar refractivity (Wildman–Crippen MR) is 50.3 cm³/mol. The number of benzene rings is 1. The molecule has 0 amide bonds. The summed E-state index contributed by atoms with van der Waals surface area (Å²) in [6.07, 6.45) is 0.657. The highest BCUT2D eigenvalue weighted by Gasteiger charge is 2.06. The molecule has 70 valence electrons. The molecule has 0 atom stereocenters. The number of carbonyl (C=O) groups excluding carboxylic acids is 1. The fourth-order valence-electron chi connectivity index (χ4n) is 0.955. The largest absolute Gasteiger partial charge is 0.298 e. The molecule has 0 aliphatic carbocycles. The van der Waals surface area contributed by atoms with Gasteiger partial charge in [0.1, 0.15) is 6.29 Å². The monoisotopic (exact) mass is 218 g/mol. The Hall–Kier alpha value is -0.870. The summed E-state index contributed by atoms with van der Waals surface area (Å²) >= 11 is 0. The lowest BCUT2D eigenvalue weighted by molar-refractivity contribution is 0.112. The highest BCUT2D eigenvalue weighted by molar-refractivity contribution is 8.13. The Morgan fingerprint density at radius 3 is 2.62 bits per heavy atom. The molecule has 0 aromatic heterocycles. The minimum absolute atomic E-state index is 0.254. The summed E-state index contributed by atoms with van der Waals surface area (Å²) < 4.78 is 21.4. The Balaban J connectivity index is 2.96. The molecule has 0 saturated carbocycles. The second-order valence-corrected chi connectivity index (χ2v) is 5.32. The van der Waals surface area contributed by atoms with E-state index < -0.39 is 9.05 Å². The molecular formula is C8H7ClO3S. The number of hydrogen-bond acceptors (Lipinski definition) is 3. The minimum atomic E-state index is -3.55. The molecule has 0 unspecified atom stereocenters. The van der Waals surface area contributed by atoms with Gasteiger partial charge in [0.25, 0.3) is 0 Å². The van der Waals surface area contributed by atoms with Crippen LogP contribution in [0.25, 0.3) is 0 Å². The SMILES string of the molecule is O=Cc1cccc(CS(=O)(=O)Cl)c1. The van der Waals surface area contributed by atoms with Gasteiger partial charge in [-0.05, 0) is 11.6 Å². The van der Waals surface area contributed by atoms with Gasteiger partial charge in [0, 0.05) is 16.2 Å². The average molecular weight is 219 g/mol. The summed E-state index contributed by atoms with van der Waals surface area (Å²) in [5.41, 5.74) is 0.956. The molecule has 1 aromatic carbocycles. The zero-order chi connectivity index (χ0) is 9.90. The Labute approximate surface area is 80.8 Å². The van der Waals surface area contributed by atoms with Crippen LogP contribution in [0.3, 0.4) is 0 Å². The van der Waals surface area contributed by atoms with E-state index in [9.17, 15) is 13.2 Å². The standard InChI is InChI=1S/C8H7ClO3S/c9-13(11,12)6-8-3-1-2-7(4-8)5-10/h1-5H,6H2. The molecule has 0 fully saturated rings. The lowest BCUT2D eigenvalue weighted by atomic mass is 10.2. The summed E-state index contributed by atoms with van der Waals surface area (Å²) in [5.74, 6) is -0.254. The van der Waals surface area contributed by atoms with Gasteiger partial charge in [-0.2, -0.15) is 0 Å². The maximum Gasteiger partial charge on any atom is 0.236 e. The van der Waals surface area contributed by atoms with E-state index in [4.69, 9.17) is 10.7 Å². The second-order valence-electron chi connectivity index (χ2n) is 2.55. The summed E-state index contributed by atoms with van der Waals surface area (Å²) in [6.45, 7) is 0. The van der Waals surface area contributed by atoms with Crippen molar-refractivity contribution in [2.24, 2.45) is 0 Å². The van der Waals surface area contributed by atoms with E-state index >= 15 is 0 Å². The molecule has 5 heteroatoms. The molecule has 1 aromatic rings. The van der Waals surface area contributed by atoms with Crippen molar-refractivity contribution < 1.29 is 13.2 Å². The number of hydrogen-bond donors (Lipinski definition) is 0.